The van der Waals surface area contributed by atoms with Gasteiger partial charge in [-0.3, -0.25) is 4.99 Å². The molecule has 1 heterocycles. The average Bonchev–Trinajstić information content (AvgIpc) is 3.07. The van der Waals surface area contributed by atoms with Crippen LogP contribution in [-0.2, 0) is 0 Å². The van der Waals surface area contributed by atoms with Crippen LogP contribution in [0.1, 0.15) is 18.1 Å². The highest BCUT2D eigenvalue weighted by molar-refractivity contribution is 6.04. The van der Waals surface area contributed by atoms with E-state index in [9.17, 15) is 5.26 Å². The number of hydrogen-bond donors (Lipinski definition) is 0. The van der Waals surface area contributed by atoms with Gasteiger partial charge in [-0.05, 0) is 99.9 Å². The molecule has 0 fully saturated rings. The van der Waals surface area contributed by atoms with Crippen molar-refractivity contribution in [3.63, 3.8) is 0 Å². The third-order valence-corrected chi connectivity index (χ3v) is 8.03. The molecule has 0 saturated carbocycles. The first kappa shape index (κ1) is 26.1. The molecule has 0 bridgehead atoms. The smallest absolute Gasteiger partial charge is 0.0991 e. The lowest BCUT2D eigenvalue weighted by Gasteiger charge is -2.15. The fourth-order valence-corrected chi connectivity index (χ4v) is 5.95. The second kappa shape index (κ2) is 10.9. The Morgan fingerprint density at radius 1 is 0.674 bits per heavy atom. The molecular formula is C40H27N3. The first-order valence-corrected chi connectivity index (χ1v) is 14.3. The van der Waals surface area contributed by atoms with E-state index in [1.165, 1.54) is 5.39 Å². The van der Waals surface area contributed by atoms with Crippen molar-refractivity contribution in [1.29, 1.82) is 5.26 Å². The summed E-state index contributed by atoms with van der Waals surface area (Å²) in [6.45, 7) is 5.86. The van der Waals surface area contributed by atoms with E-state index >= 15 is 0 Å². The van der Waals surface area contributed by atoms with Crippen molar-refractivity contribution in [2.24, 2.45) is 4.99 Å². The summed E-state index contributed by atoms with van der Waals surface area (Å²) in [6.07, 6.45) is 4.05. The van der Waals surface area contributed by atoms with Crippen molar-refractivity contribution < 1.29 is 0 Å². The van der Waals surface area contributed by atoms with Gasteiger partial charge in [0.15, 0.2) is 0 Å². The molecule has 6 aromatic carbocycles. The van der Waals surface area contributed by atoms with Crippen LogP contribution >= 0.6 is 0 Å². The highest BCUT2D eigenvalue weighted by atomic mass is 14.8. The highest BCUT2D eigenvalue weighted by Gasteiger charge is 2.14. The summed E-state index contributed by atoms with van der Waals surface area (Å²) in [5.41, 5.74) is 9.68. The summed E-state index contributed by atoms with van der Waals surface area (Å²) in [6, 6.07) is 44.4. The minimum atomic E-state index is 0.652. The van der Waals surface area contributed by atoms with Gasteiger partial charge in [0, 0.05) is 16.5 Å². The van der Waals surface area contributed by atoms with Crippen molar-refractivity contribution in [2.45, 2.75) is 6.92 Å². The summed E-state index contributed by atoms with van der Waals surface area (Å²) in [5, 5.41) is 15.0. The van der Waals surface area contributed by atoms with Crippen LogP contribution in [0.2, 0.25) is 0 Å². The van der Waals surface area contributed by atoms with Gasteiger partial charge in [0.05, 0.1) is 28.5 Å². The molecule has 1 aromatic heterocycles. The predicted molar refractivity (Wildman–Crippen MR) is 182 cm³/mol. The lowest BCUT2D eigenvalue weighted by Crippen LogP contribution is -1.91. The zero-order valence-electron chi connectivity index (χ0n) is 23.8. The lowest BCUT2D eigenvalue weighted by atomic mass is 9.90. The van der Waals surface area contributed by atoms with Crippen LogP contribution in [0.5, 0.6) is 0 Å². The monoisotopic (exact) mass is 549 g/mol. The molecule has 0 aliphatic rings. The topological polar surface area (TPSA) is 49.0 Å². The van der Waals surface area contributed by atoms with Crippen molar-refractivity contribution >= 4 is 50.9 Å². The summed E-state index contributed by atoms with van der Waals surface area (Å²) < 4.78 is 0. The quantitative estimate of drug-likeness (QED) is 0.201. The number of fused-ring (bicyclic) bond motifs is 3. The molecule has 3 nitrogen and oxygen atoms in total. The maximum atomic E-state index is 9.33. The first-order chi connectivity index (χ1) is 21.2. The standard InChI is InChI=1S/C40H27N3/c1-3-8-28-17-18-29-19-20-38(43-40(29)39(28)42-2)37-24-33(22-31-10-5-7-12-35(31)37)32-21-30-9-4-6-11-34(30)36(23-32)27-15-13-26(25-41)14-16-27/h3-24H,2H2,1H3/b8-3-. The summed E-state index contributed by atoms with van der Waals surface area (Å²) in [7, 11) is 0. The van der Waals surface area contributed by atoms with Gasteiger partial charge in [-0.25, -0.2) is 4.98 Å². The zero-order chi connectivity index (χ0) is 29.3. The number of aromatic nitrogens is 1. The molecule has 0 radical (unpaired) electrons. The van der Waals surface area contributed by atoms with Gasteiger partial charge in [-0.1, -0.05) is 91.0 Å². The van der Waals surface area contributed by atoms with Crippen molar-refractivity contribution in [3.05, 3.63) is 139 Å². The molecule has 0 atom stereocenters. The number of pyridine rings is 1. The van der Waals surface area contributed by atoms with E-state index < -0.39 is 0 Å². The Morgan fingerprint density at radius 3 is 1.95 bits per heavy atom. The van der Waals surface area contributed by atoms with Crippen LogP contribution in [0, 0.1) is 11.3 Å². The van der Waals surface area contributed by atoms with E-state index in [0.717, 1.165) is 71.8 Å². The van der Waals surface area contributed by atoms with Crippen molar-refractivity contribution in [2.75, 3.05) is 0 Å². The fourth-order valence-electron chi connectivity index (χ4n) is 5.95. The third-order valence-electron chi connectivity index (χ3n) is 8.03. The summed E-state index contributed by atoms with van der Waals surface area (Å²) >= 11 is 0. The van der Waals surface area contributed by atoms with Crippen LogP contribution in [0.15, 0.2) is 132 Å². The van der Waals surface area contributed by atoms with Gasteiger partial charge in [-0.15, -0.1) is 0 Å². The molecule has 7 rings (SSSR count). The first-order valence-electron chi connectivity index (χ1n) is 14.3. The molecule has 0 saturated heterocycles. The van der Waals surface area contributed by atoms with Gasteiger partial charge >= 0.3 is 0 Å². The van der Waals surface area contributed by atoms with E-state index in [4.69, 9.17) is 4.98 Å². The largest absolute Gasteiger partial charge is 0.262 e. The predicted octanol–water partition coefficient (Wildman–Crippen LogP) is 10.8. The minimum absolute atomic E-state index is 0.652. The summed E-state index contributed by atoms with van der Waals surface area (Å²) in [5.74, 6) is 0. The molecule has 0 spiro atoms. The second-order valence-corrected chi connectivity index (χ2v) is 10.6. The van der Waals surface area contributed by atoms with Crippen LogP contribution in [0.25, 0.3) is 72.0 Å². The molecule has 0 amide bonds. The number of rotatable bonds is 5. The maximum absolute atomic E-state index is 9.33. The van der Waals surface area contributed by atoms with Crippen molar-refractivity contribution in [1.82, 2.24) is 4.98 Å². The van der Waals surface area contributed by atoms with Gasteiger partial charge < -0.3 is 0 Å². The second-order valence-electron chi connectivity index (χ2n) is 10.6. The van der Waals surface area contributed by atoms with Gasteiger partial charge in [0.1, 0.15) is 0 Å². The lowest BCUT2D eigenvalue weighted by molar-refractivity contribution is 1.39. The highest BCUT2D eigenvalue weighted by Crippen LogP contribution is 2.39. The fraction of sp³-hybridized carbons (Fsp3) is 0.0250. The molecule has 43 heavy (non-hydrogen) atoms. The molecule has 0 unspecified atom stereocenters. The molecule has 202 valence electrons. The average molecular weight is 550 g/mol. The van der Waals surface area contributed by atoms with Crippen molar-refractivity contribution in [3.8, 4) is 39.6 Å². The van der Waals surface area contributed by atoms with Crippen LogP contribution in [0.4, 0.5) is 5.69 Å². The van der Waals surface area contributed by atoms with Gasteiger partial charge in [0.2, 0.25) is 0 Å². The normalized spacial score (nSPS) is 11.3. The SMILES string of the molecule is C=Nc1c(/C=C\C)ccc2ccc(-c3cc(-c4cc(-c5ccc(C#N)cc5)c5ccccc5c4)cc4ccccc34)nc12. The van der Waals surface area contributed by atoms with E-state index in [-0.39, 0.29) is 0 Å². The van der Waals surface area contributed by atoms with Gasteiger partial charge in [0.25, 0.3) is 0 Å². The molecule has 7 aromatic rings. The number of aliphatic imine (C=N–C) groups is 1. The number of nitrogens with zero attached hydrogens (tertiary/aromatic N) is 3. The van der Waals surface area contributed by atoms with Gasteiger partial charge in [-0.2, -0.15) is 5.26 Å². The molecule has 0 aliphatic carbocycles. The van der Waals surface area contributed by atoms with Crippen LogP contribution < -0.4 is 0 Å². The van der Waals surface area contributed by atoms with Crippen LogP contribution in [-0.4, -0.2) is 11.7 Å². The molecule has 0 aliphatic heterocycles. The van der Waals surface area contributed by atoms with E-state index in [0.29, 0.717) is 5.56 Å². The third kappa shape index (κ3) is 4.66. The van der Waals surface area contributed by atoms with E-state index in [1.807, 2.05) is 43.3 Å². The van der Waals surface area contributed by atoms with E-state index in [2.05, 4.69) is 115 Å². The Labute approximate surface area is 250 Å². The number of nitriles is 1. The molecular weight excluding hydrogens is 522 g/mol. The minimum Gasteiger partial charge on any atom is -0.262 e. The molecule has 0 N–H and O–H groups in total. The Balaban J connectivity index is 1.47. The summed E-state index contributed by atoms with van der Waals surface area (Å²) in [4.78, 5) is 9.56. The maximum Gasteiger partial charge on any atom is 0.0991 e. The Kier molecular flexibility index (Phi) is 6.58. The van der Waals surface area contributed by atoms with E-state index in [1.54, 1.807) is 0 Å². The number of benzene rings is 6. The molecule has 3 heteroatoms. The van der Waals surface area contributed by atoms with Crippen LogP contribution in [0.3, 0.4) is 0 Å². The zero-order valence-corrected chi connectivity index (χ0v) is 23.8. The Morgan fingerprint density at radius 2 is 1.30 bits per heavy atom. The number of hydrogen-bond acceptors (Lipinski definition) is 3. The Bertz CT molecular complexity index is 2270. The number of allylic oxidation sites excluding steroid dienone is 1. The Hall–Kier alpha value is -5.85.